The molecule has 0 spiro atoms. The summed E-state index contributed by atoms with van der Waals surface area (Å²) in [5, 5.41) is 1.94. The van der Waals surface area contributed by atoms with Crippen molar-refractivity contribution in [3.05, 3.63) is 106 Å². The lowest BCUT2D eigenvalue weighted by molar-refractivity contribution is 0.0752. The Bertz CT molecular complexity index is 1260. The van der Waals surface area contributed by atoms with Crippen molar-refractivity contribution in [2.45, 2.75) is 19.4 Å². The Kier molecular flexibility index (Phi) is 4.63. The number of amides is 1. The van der Waals surface area contributed by atoms with Crippen LogP contribution in [0.1, 0.15) is 38.8 Å². The van der Waals surface area contributed by atoms with Crippen molar-refractivity contribution in [2.24, 2.45) is 7.05 Å². The van der Waals surface area contributed by atoms with E-state index in [1.165, 1.54) is 27.7 Å². The molecule has 0 unspecified atom stereocenters. The van der Waals surface area contributed by atoms with Gasteiger partial charge in [-0.1, -0.05) is 60.1 Å². The number of carbonyl (C=O) groups is 1. The third kappa shape index (κ3) is 2.93. The molecule has 0 fully saturated rings. The van der Waals surface area contributed by atoms with Crippen molar-refractivity contribution in [1.29, 1.82) is 0 Å². The van der Waals surface area contributed by atoms with Crippen LogP contribution < -0.4 is 0 Å². The van der Waals surface area contributed by atoms with Gasteiger partial charge in [-0.25, -0.2) is 0 Å². The summed E-state index contributed by atoms with van der Waals surface area (Å²) >= 11 is 6.03. The Labute approximate surface area is 181 Å². The first-order chi connectivity index (χ1) is 14.6. The number of aromatic nitrogens is 1. The largest absolute Gasteiger partial charge is 0.348 e. The number of hydrogen-bond acceptors (Lipinski definition) is 1. The molecule has 0 saturated heterocycles. The van der Waals surface area contributed by atoms with Crippen LogP contribution in [0, 0.1) is 6.92 Å². The lowest BCUT2D eigenvalue weighted by Gasteiger charge is -2.26. The number of halogens is 1. The lowest BCUT2D eigenvalue weighted by atomic mass is 9.95. The maximum atomic E-state index is 13.4. The fourth-order valence-electron chi connectivity index (χ4n) is 4.71. The van der Waals surface area contributed by atoms with Crippen LogP contribution in [0.3, 0.4) is 0 Å². The highest BCUT2D eigenvalue weighted by molar-refractivity contribution is 6.30. The van der Waals surface area contributed by atoms with Crippen LogP contribution in [0.2, 0.25) is 5.02 Å². The van der Waals surface area contributed by atoms with Crippen LogP contribution in [-0.2, 0) is 13.5 Å². The van der Waals surface area contributed by atoms with E-state index in [-0.39, 0.29) is 11.9 Å². The highest BCUT2D eigenvalue weighted by Gasteiger charge is 2.39. The standard InChI is InChI=1S/C26H23ClN2O/c1-17-24(22-9-5-6-10-23(22)28(17)2)25-20-7-3-4-8-21(20)26(30)29(25)16-15-18-11-13-19(27)14-12-18/h3-14,25H,15-16H2,1-2H3/t25-/m1/s1. The van der Waals surface area contributed by atoms with Crippen molar-refractivity contribution in [2.75, 3.05) is 6.54 Å². The zero-order valence-corrected chi connectivity index (χ0v) is 17.9. The van der Waals surface area contributed by atoms with Gasteiger partial charge < -0.3 is 9.47 Å². The van der Waals surface area contributed by atoms with Crippen molar-refractivity contribution >= 4 is 28.4 Å². The Morgan fingerprint density at radius 1 is 0.933 bits per heavy atom. The third-order valence-electron chi connectivity index (χ3n) is 6.33. The van der Waals surface area contributed by atoms with Gasteiger partial charge in [-0.05, 0) is 48.7 Å². The molecule has 1 aliphatic rings. The van der Waals surface area contributed by atoms with Gasteiger partial charge in [-0.2, -0.15) is 0 Å². The second-order valence-electron chi connectivity index (χ2n) is 7.94. The number of hydrogen-bond donors (Lipinski definition) is 0. The molecule has 1 aromatic heterocycles. The number of rotatable bonds is 4. The summed E-state index contributed by atoms with van der Waals surface area (Å²) in [6.07, 6.45) is 0.789. The maximum Gasteiger partial charge on any atom is 0.255 e. The summed E-state index contributed by atoms with van der Waals surface area (Å²) in [7, 11) is 2.10. The minimum absolute atomic E-state index is 0.0768. The zero-order valence-electron chi connectivity index (χ0n) is 17.1. The van der Waals surface area contributed by atoms with E-state index in [1.54, 1.807) is 0 Å². The summed E-state index contributed by atoms with van der Waals surface area (Å²) in [4.78, 5) is 15.4. The van der Waals surface area contributed by atoms with Crippen LogP contribution in [-0.4, -0.2) is 21.9 Å². The highest BCUT2D eigenvalue weighted by Crippen LogP contribution is 2.43. The van der Waals surface area contributed by atoms with Gasteiger partial charge in [0.1, 0.15) is 0 Å². The molecule has 1 atom stereocenters. The number of aryl methyl sites for hydroxylation is 1. The topological polar surface area (TPSA) is 25.2 Å². The van der Waals surface area contributed by atoms with E-state index in [1.807, 2.05) is 47.4 Å². The van der Waals surface area contributed by atoms with Crippen LogP contribution in [0.25, 0.3) is 10.9 Å². The predicted molar refractivity (Wildman–Crippen MR) is 122 cm³/mol. The number of fused-ring (bicyclic) bond motifs is 2. The van der Waals surface area contributed by atoms with Gasteiger partial charge >= 0.3 is 0 Å². The Hall–Kier alpha value is -3.04. The molecule has 0 aliphatic carbocycles. The smallest absolute Gasteiger partial charge is 0.255 e. The molecule has 4 aromatic rings. The first-order valence-corrected chi connectivity index (χ1v) is 10.6. The van der Waals surface area contributed by atoms with Gasteiger partial charge in [0, 0.05) is 46.3 Å². The molecule has 3 nitrogen and oxygen atoms in total. The van der Waals surface area contributed by atoms with Crippen molar-refractivity contribution in [1.82, 2.24) is 9.47 Å². The normalized spacial score (nSPS) is 15.8. The lowest BCUT2D eigenvalue weighted by Crippen LogP contribution is -2.31. The van der Waals surface area contributed by atoms with Gasteiger partial charge in [0.05, 0.1) is 6.04 Å². The van der Waals surface area contributed by atoms with Crippen molar-refractivity contribution in [3.8, 4) is 0 Å². The van der Waals surface area contributed by atoms with E-state index < -0.39 is 0 Å². The van der Waals surface area contributed by atoms with Gasteiger partial charge in [0.2, 0.25) is 0 Å². The first-order valence-electron chi connectivity index (χ1n) is 10.2. The summed E-state index contributed by atoms with van der Waals surface area (Å²) in [5.74, 6) is 0.108. The van der Waals surface area contributed by atoms with Gasteiger partial charge in [-0.15, -0.1) is 0 Å². The van der Waals surface area contributed by atoms with Crippen molar-refractivity contribution in [3.63, 3.8) is 0 Å². The molecular formula is C26H23ClN2O. The van der Waals surface area contributed by atoms with Crippen LogP contribution >= 0.6 is 11.6 Å². The fourth-order valence-corrected chi connectivity index (χ4v) is 4.83. The van der Waals surface area contributed by atoms with Crippen molar-refractivity contribution < 1.29 is 4.79 Å². The molecule has 4 heteroatoms. The minimum atomic E-state index is -0.0768. The first kappa shape index (κ1) is 19.0. The summed E-state index contributed by atoms with van der Waals surface area (Å²) < 4.78 is 2.23. The van der Waals surface area contributed by atoms with Crippen LogP contribution in [0.5, 0.6) is 0 Å². The molecule has 3 aromatic carbocycles. The van der Waals surface area contributed by atoms with E-state index in [4.69, 9.17) is 11.6 Å². The SMILES string of the molecule is Cc1c([C@H]2c3ccccc3C(=O)N2CCc2ccc(Cl)cc2)c2ccccc2n1C. The molecule has 5 rings (SSSR count). The second-order valence-corrected chi connectivity index (χ2v) is 8.38. The molecule has 0 radical (unpaired) electrons. The Balaban J connectivity index is 1.61. The molecule has 1 amide bonds. The molecular weight excluding hydrogens is 392 g/mol. The van der Waals surface area contributed by atoms with E-state index in [0.29, 0.717) is 6.54 Å². The molecule has 0 bridgehead atoms. The third-order valence-corrected chi connectivity index (χ3v) is 6.59. The van der Waals surface area contributed by atoms with Crippen LogP contribution in [0.4, 0.5) is 0 Å². The summed E-state index contributed by atoms with van der Waals surface area (Å²) in [6, 6.07) is 24.3. The van der Waals surface area contributed by atoms with E-state index in [9.17, 15) is 4.79 Å². The monoisotopic (exact) mass is 414 g/mol. The number of para-hydroxylation sites is 1. The van der Waals surface area contributed by atoms with E-state index in [0.717, 1.165) is 22.6 Å². The van der Waals surface area contributed by atoms with Crippen LogP contribution in [0.15, 0.2) is 72.8 Å². The molecule has 150 valence electrons. The maximum absolute atomic E-state index is 13.4. The molecule has 0 N–H and O–H groups in total. The summed E-state index contributed by atoms with van der Waals surface area (Å²) in [5.41, 5.74) is 6.70. The van der Waals surface area contributed by atoms with Gasteiger partial charge in [-0.3, -0.25) is 4.79 Å². The highest BCUT2D eigenvalue weighted by atomic mass is 35.5. The van der Waals surface area contributed by atoms with Gasteiger partial charge in [0.15, 0.2) is 0 Å². The molecule has 2 heterocycles. The average molecular weight is 415 g/mol. The number of carbonyl (C=O) groups excluding carboxylic acids is 1. The quantitative estimate of drug-likeness (QED) is 0.406. The second kappa shape index (κ2) is 7.33. The summed E-state index contributed by atoms with van der Waals surface area (Å²) in [6.45, 7) is 2.81. The Morgan fingerprint density at radius 3 is 2.43 bits per heavy atom. The predicted octanol–water partition coefficient (Wildman–Crippen LogP) is 5.93. The van der Waals surface area contributed by atoms with E-state index >= 15 is 0 Å². The molecule has 30 heavy (non-hydrogen) atoms. The number of nitrogens with zero attached hydrogens (tertiary/aromatic N) is 2. The van der Waals surface area contributed by atoms with E-state index in [2.05, 4.69) is 48.9 Å². The molecule has 0 saturated carbocycles. The fraction of sp³-hybridized carbons (Fsp3) is 0.192. The zero-order chi connectivity index (χ0) is 20.8. The Morgan fingerprint density at radius 2 is 1.63 bits per heavy atom. The minimum Gasteiger partial charge on any atom is -0.348 e. The average Bonchev–Trinajstić information content (AvgIpc) is 3.19. The van der Waals surface area contributed by atoms with Gasteiger partial charge in [0.25, 0.3) is 5.91 Å². The number of benzene rings is 3. The molecule has 1 aliphatic heterocycles.